The van der Waals surface area contributed by atoms with E-state index in [-0.39, 0.29) is 6.61 Å². The average Bonchev–Trinajstić information content (AvgIpc) is 2.66. The molecule has 1 aliphatic rings. The number of aryl methyl sites for hydroxylation is 3. The van der Waals surface area contributed by atoms with Gasteiger partial charge in [-0.3, -0.25) is 0 Å². The van der Waals surface area contributed by atoms with Crippen molar-refractivity contribution in [3.63, 3.8) is 0 Å². The molecule has 2 rings (SSSR count). The Labute approximate surface area is 107 Å². The topological polar surface area (TPSA) is 58.9 Å². The van der Waals surface area contributed by atoms with E-state index in [4.69, 9.17) is 14.6 Å². The van der Waals surface area contributed by atoms with E-state index in [1.54, 1.807) is 0 Å². The summed E-state index contributed by atoms with van der Waals surface area (Å²) < 4.78 is 11.2. The Bertz CT molecular complexity index is 430. The zero-order valence-electron chi connectivity index (χ0n) is 11.0. The summed E-state index contributed by atoms with van der Waals surface area (Å²) in [5.74, 6) is 0.772. The number of rotatable bonds is 3. The Morgan fingerprint density at radius 1 is 1.22 bits per heavy atom. The van der Waals surface area contributed by atoms with Gasteiger partial charge in [-0.15, -0.1) is 0 Å². The molecule has 0 bridgehead atoms. The van der Waals surface area contributed by atoms with Crippen LogP contribution in [-0.4, -0.2) is 35.3 Å². The largest absolute Gasteiger partial charge is 0.465 e. The zero-order chi connectivity index (χ0) is 13.3. The molecule has 0 spiro atoms. The summed E-state index contributed by atoms with van der Waals surface area (Å²) >= 11 is 0. The van der Waals surface area contributed by atoms with Crippen molar-refractivity contribution in [1.29, 1.82) is 0 Å². The number of aliphatic hydroxyl groups excluding tert-OH is 2. The molecule has 0 aromatic heterocycles. The molecular weight excluding hydrogens is 232 g/mol. The van der Waals surface area contributed by atoms with Crippen molar-refractivity contribution in [3.05, 3.63) is 28.8 Å². The number of hydrogen-bond donors (Lipinski definition) is 2. The molecule has 0 aliphatic carbocycles. The van der Waals surface area contributed by atoms with E-state index < -0.39 is 18.5 Å². The second-order valence-electron chi connectivity index (χ2n) is 4.91. The lowest BCUT2D eigenvalue weighted by molar-refractivity contribution is -0.0934. The maximum Gasteiger partial charge on any atom is 0.202 e. The van der Waals surface area contributed by atoms with Gasteiger partial charge in [0.25, 0.3) is 0 Å². The minimum absolute atomic E-state index is 0.188. The van der Waals surface area contributed by atoms with Gasteiger partial charge >= 0.3 is 0 Å². The lowest BCUT2D eigenvalue weighted by Crippen LogP contribution is -2.24. The Balaban J connectivity index is 2.09. The first-order valence-corrected chi connectivity index (χ1v) is 6.20. The highest BCUT2D eigenvalue weighted by atomic mass is 16.7. The third kappa shape index (κ3) is 2.66. The summed E-state index contributed by atoms with van der Waals surface area (Å²) in [5.41, 5.74) is 3.43. The third-order valence-corrected chi connectivity index (χ3v) is 3.42. The first kappa shape index (κ1) is 13.3. The van der Waals surface area contributed by atoms with E-state index >= 15 is 0 Å². The molecule has 2 N–H and O–H groups in total. The molecule has 1 aliphatic heterocycles. The number of aliphatic hydroxyl groups is 2. The van der Waals surface area contributed by atoms with Gasteiger partial charge in [-0.25, -0.2) is 0 Å². The predicted octanol–water partition coefficient (Wildman–Crippen LogP) is 1.46. The molecule has 1 aromatic carbocycles. The van der Waals surface area contributed by atoms with Crippen molar-refractivity contribution in [2.45, 2.75) is 45.7 Å². The minimum Gasteiger partial charge on any atom is -0.465 e. The Hall–Kier alpha value is -1.10. The first-order valence-electron chi connectivity index (χ1n) is 6.20. The molecule has 0 saturated carbocycles. The number of hydrogen-bond acceptors (Lipinski definition) is 4. The molecule has 1 fully saturated rings. The molecular formula is C14H20O4. The average molecular weight is 252 g/mol. The van der Waals surface area contributed by atoms with Gasteiger partial charge in [0.2, 0.25) is 6.29 Å². The standard InChI is InChI=1S/C14H20O4/c1-8-4-10(3)12(5-9(8)2)17-14-6-11(16)13(7-15)18-14/h4-5,11,13-16H,6-7H2,1-3H3/t11-,13+,14+/m0/s1. The summed E-state index contributed by atoms with van der Waals surface area (Å²) in [6.45, 7) is 5.88. The molecule has 1 saturated heterocycles. The van der Waals surface area contributed by atoms with Gasteiger partial charge in [0.15, 0.2) is 0 Å². The van der Waals surface area contributed by atoms with Crippen LogP contribution in [0.4, 0.5) is 0 Å². The number of ether oxygens (including phenoxy) is 2. The molecule has 0 amide bonds. The highest BCUT2D eigenvalue weighted by Crippen LogP contribution is 2.28. The lowest BCUT2D eigenvalue weighted by Gasteiger charge is -2.17. The van der Waals surface area contributed by atoms with Crippen LogP contribution in [-0.2, 0) is 4.74 Å². The fraction of sp³-hybridized carbons (Fsp3) is 0.571. The number of benzene rings is 1. The van der Waals surface area contributed by atoms with Crippen LogP contribution in [0.3, 0.4) is 0 Å². The molecule has 4 heteroatoms. The fourth-order valence-electron chi connectivity index (χ4n) is 2.13. The molecule has 1 heterocycles. The van der Waals surface area contributed by atoms with E-state index in [9.17, 15) is 5.11 Å². The van der Waals surface area contributed by atoms with E-state index in [2.05, 4.69) is 13.0 Å². The summed E-state index contributed by atoms with van der Waals surface area (Å²) in [6.07, 6.45) is -1.30. The van der Waals surface area contributed by atoms with Gasteiger partial charge < -0.3 is 19.7 Å². The van der Waals surface area contributed by atoms with Crippen LogP contribution in [0.2, 0.25) is 0 Å². The summed E-state index contributed by atoms with van der Waals surface area (Å²) in [6, 6.07) is 4.05. The molecule has 0 radical (unpaired) electrons. The summed E-state index contributed by atoms with van der Waals surface area (Å²) in [7, 11) is 0. The smallest absolute Gasteiger partial charge is 0.202 e. The van der Waals surface area contributed by atoms with Crippen molar-refractivity contribution in [3.8, 4) is 5.75 Å². The van der Waals surface area contributed by atoms with Crippen LogP contribution in [0.25, 0.3) is 0 Å². The Morgan fingerprint density at radius 3 is 2.50 bits per heavy atom. The molecule has 18 heavy (non-hydrogen) atoms. The maximum absolute atomic E-state index is 9.64. The predicted molar refractivity (Wildman–Crippen MR) is 67.7 cm³/mol. The van der Waals surface area contributed by atoms with Gasteiger partial charge in [0.05, 0.1) is 12.7 Å². The normalized spacial score (nSPS) is 27.5. The molecule has 4 nitrogen and oxygen atoms in total. The SMILES string of the molecule is Cc1cc(C)c(O[C@H]2C[C@H](O)[C@@H](CO)O2)cc1C. The van der Waals surface area contributed by atoms with Crippen molar-refractivity contribution < 1.29 is 19.7 Å². The second-order valence-corrected chi connectivity index (χ2v) is 4.91. The van der Waals surface area contributed by atoms with Gasteiger partial charge in [-0.05, 0) is 43.5 Å². The summed E-state index contributed by atoms with van der Waals surface area (Å²) in [5, 5.41) is 18.7. The molecule has 0 unspecified atom stereocenters. The molecule has 100 valence electrons. The molecule has 1 aromatic rings. The van der Waals surface area contributed by atoms with Crippen molar-refractivity contribution in [1.82, 2.24) is 0 Å². The van der Waals surface area contributed by atoms with E-state index in [1.165, 1.54) is 5.56 Å². The van der Waals surface area contributed by atoms with Crippen molar-refractivity contribution >= 4 is 0 Å². The fourth-order valence-corrected chi connectivity index (χ4v) is 2.13. The van der Waals surface area contributed by atoms with Gasteiger partial charge in [0.1, 0.15) is 11.9 Å². The zero-order valence-corrected chi connectivity index (χ0v) is 11.0. The quantitative estimate of drug-likeness (QED) is 0.855. The van der Waals surface area contributed by atoms with Crippen LogP contribution in [0.15, 0.2) is 12.1 Å². The lowest BCUT2D eigenvalue weighted by atomic mass is 10.1. The Kier molecular flexibility index (Phi) is 3.90. The minimum atomic E-state index is -0.660. The van der Waals surface area contributed by atoms with E-state index in [0.29, 0.717) is 6.42 Å². The third-order valence-electron chi connectivity index (χ3n) is 3.42. The van der Waals surface area contributed by atoms with E-state index in [1.807, 2.05) is 19.9 Å². The van der Waals surface area contributed by atoms with Gasteiger partial charge in [-0.2, -0.15) is 0 Å². The van der Waals surface area contributed by atoms with Crippen molar-refractivity contribution in [2.75, 3.05) is 6.61 Å². The monoisotopic (exact) mass is 252 g/mol. The van der Waals surface area contributed by atoms with E-state index in [0.717, 1.165) is 16.9 Å². The van der Waals surface area contributed by atoms with Crippen molar-refractivity contribution in [2.24, 2.45) is 0 Å². The van der Waals surface area contributed by atoms with Gasteiger partial charge in [0, 0.05) is 6.42 Å². The summed E-state index contributed by atoms with van der Waals surface area (Å²) in [4.78, 5) is 0. The second kappa shape index (κ2) is 5.26. The van der Waals surface area contributed by atoms with Crippen LogP contribution in [0.1, 0.15) is 23.1 Å². The van der Waals surface area contributed by atoms with Gasteiger partial charge in [-0.1, -0.05) is 6.07 Å². The van der Waals surface area contributed by atoms with Crippen LogP contribution < -0.4 is 4.74 Å². The van der Waals surface area contributed by atoms with Crippen LogP contribution >= 0.6 is 0 Å². The van der Waals surface area contributed by atoms with Crippen LogP contribution in [0.5, 0.6) is 5.75 Å². The molecule has 3 atom stereocenters. The highest BCUT2D eigenvalue weighted by Gasteiger charge is 2.34. The Morgan fingerprint density at radius 2 is 1.89 bits per heavy atom. The first-order chi connectivity index (χ1) is 8.51. The maximum atomic E-state index is 9.64. The van der Waals surface area contributed by atoms with Crippen LogP contribution in [0, 0.1) is 20.8 Å². The highest BCUT2D eigenvalue weighted by molar-refractivity contribution is 5.40.